The van der Waals surface area contributed by atoms with Crippen LogP contribution >= 0.6 is 0 Å². The van der Waals surface area contributed by atoms with Crippen molar-refractivity contribution in [2.75, 3.05) is 0 Å². The zero-order valence-electron chi connectivity index (χ0n) is 26.3. The van der Waals surface area contributed by atoms with Gasteiger partial charge in [0.05, 0.1) is 12.1 Å². The summed E-state index contributed by atoms with van der Waals surface area (Å²) in [6.07, 6.45) is 14.7. The second-order valence-electron chi connectivity index (χ2n) is 13.7. The molecule has 42 heavy (non-hydrogen) atoms. The summed E-state index contributed by atoms with van der Waals surface area (Å²) >= 11 is 0. The zero-order chi connectivity index (χ0) is 29.7. The quantitative estimate of drug-likeness (QED) is 0.210. The molecule has 0 spiro atoms. The maximum absolute atomic E-state index is 13.2. The van der Waals surface area contributed by atoms with Crippen LogP contribution in [0.4, 0.5) is 0 Å². The van der Waals surface area contributed by atoms with Gasteiger partial charge in [0.1, 0.15) is 0 Å². The summed E-state index contributed by atoms with van der Waals surface area (Å²) in [5.41, 5.74) is 8.83. The molecule has 0 heterocycles. The number of carbonyl (C=O) groups is 1. The van der Waals surface area contributed by atoms with E-state index in [2.05, 4.69) is 70.9 Å². The Hall–Kier alpha value is -2.21. The molecule has 1 amide bonds. The van der Waals surface area contributed by atoms with Crippen molar-refractivity contribution < 1.29 is 9.90 Å². The Kier molecular flexibility index (Phi) is 13.4. The van der Waals surface area contributed by atoms with Crippen LogP contribution < -0.4 is 11.1 Å². The van der Waals surface area contributed by atoms with Crippen molar-refractivity contribution in [2.24, 2.45) is 23.5 Å². The van der Waals surface area contributed by atoms with Gasteiger partial charge in [-0.1, -0.05) is 139 Å². The molecule has 4 atom stereocenters. The highest BCUT2D eigenvalue weighted by Gasteiger charge is 2.33. The van der Waals surface area contributed by atoms with Crippen molar-refractivity contribution in [1.29, 1.82) is 0 Å². The number of aliphatic hydroxyl groups excluding tert-OH is 1. The second kappa shape index (κ2) is 17.2. The van der Waals surface area contributed by atoms with Crippen LogP contribution in [0.15, 0.2) is 60.7 Å². The Morgan fingerprint density at radius 2 is 1.29 bits per heavy atom. The summed E-state index contributed by atoms with van der Waals surface area (Å²) in [5, 5.41) is 15.5. The van der Waals surface area contributed by atoms with Gasteiger partial charge in [0.2, 0.25) is 5.91 Å². The topological polar surface area (TPSA) is 78.6 Å². The van der Waals surface area contributed by atoms with E-state index in [0.29, 0.717) is 18.3 Å². The summed E-state index contributed by atoms with van der Waals surface area (Å²) in [6, 6.07) is 20.8. The van der Waals surface area contributed by atoms with Crippen molar-refractivity contribution in [3.8, 4) is 0 Å². The van der Waals surface area contributed by atoms with E-state index in [1.165, 1.54) is 75.3 Å². The number of benzene rings is 2. The van der Waals surface area contributed by atoms with Gasteiger partial charge in [0.15, 0.2) is 0 Å². The molecule has 4 rings (SSSR count). The van der Waals surface area contributed by atoms with E-state index >= 15 is 0 Å². The fourth-order valence-electron chi connectivity index (χ4n) is 7.33. The van der Waals surface area contributed by atoms with Crippen LogP contribution in [-0.4, -0.2) is 40.1 Å². The predicted molar refractivity (Wildman–Crippen MR) is 174 cm³/mol. The van der Waals surface area contributed by atoms with Crippen LogP contribution in [0.5, 0.6) is 0 Å². The minimum Gasteiger partial charge on any atom is -0.391 e. The number of amides is 1. The molecule has 5 nitrogen and oxygen atoms in total. The molecule has 0 bridgehead atoms. The minimum atomic E-state index is -0.538. The lowest BCUT2D eigenvalue weighted by molar-refractivity contribution is -0.124. The lowest BCUT2D eigenvalue weighted by Crippen LogP contribution is -2.51. The third kappa shape index (κ3) is 10.5. The first-order valence-corrected chi connectivity index (χ1v) is 16.9. The number of carbonyl (C=O) groups excluding carboxylic acids is 1. The number of nitrogens with zero attached hydrogens (tertiary/aromatic N) is 1. The van der Waals surface area contributed by atoms with E-state index in [9.17, 15) is 9.90 Å². The summed E-state index contributed by atoms with van der Waals surface area (Å²) in [7, 11) is 0. The fraction of sp³-hybridized carbons (Fsp3) is 0.649. The Labute approximate surface area is 255 Å². The molecule has 232 valence electrons. The number of hydrogen-bond donors (Lipinski definition) is 3. The van der Waals surface area contributed by atoms with Crippen molar-refractivity contribution in [3.05, 3.63) is 71.8 Å². The van der Waals surface area contributed by atoms with Crippen LogP contribution in [0.2, 0.25) is 0 Å². The largest absolute Gasteiger partial charge is 0.391 e. The molecule has 1 unspecified atom stereocenters. The molecule has 2 aromatic rings. The molecule has 0 radical (unpaired) electrons. The van der Waals surface area contributed by atoms with Crippen molar-refractivity contribution in [2.45, 2.75) is 135 Å². The second-order valence-corrected chi connectivity index (χ2v) is 13.7. The van der Waals surface area contributed by atoms with Crippen LogP contribution in [-0.2, 0) is 17.9 Å². The lowest BCUT2D eigenvalue weighted by atomic mass is 9.80. The molecule has 0 aromatic heterocycles. The SMILES string of the molecule is CC(C)[C@H](N)C(=O)N[C@@H](CC1CCCCC1)CC(O)[C@H](CC1CCCCC1)N(Cc1ccccc1)Cc1ccccc1. The third-order valence-corrected chi connectivity index (χ3v) is 9.91. The zero-order valence-corrected chi connectivity index (χ0v) is 26.3. The first kappa shape index (κ1) is 32.7. The number of nitrogens with two attached hydrogens (primary N) is 1. The molecule has 0 saturated heterocycles. The number of hydrogen-bond acceptors (Lipinski definition) is 4. The monoisotopic (exact) mass is 575 g/mol. The maximum Gasteiger partial charge on any atom is 0.237 e. The highest BCUT2D eigenvalue weighted by atomic mass is 16.3. The Balaban J connectivity index is 1.59. The van der Waals surface area contributed by atoms with E-state index in [0.717, 1.165) is 25.9 Å². The van der Waals surface area contributed by atoms with E-state index in [1.807, 2.05) is 13.8 Å². The number of aliphatic hydroxyl groups is 1. The van der Waals surface area contributed by atoms with E-state index in [-0.39, 0.29) is 23.9 Å². The summed E-state index contributed by atoms with van der Waals surface area (Å²) < 4.78 is 0. The molecule has 5 heteroatoms. The molecule has 2 aliphatic rings. The van der Waals surface area contributed by atoms with Crippen LogP contribution in [0.1, 0.15) is 108 Å². The molecule has 2 fully saturated rings. The van der Waals surface area contributed by atoms with Gasteiger partial charge >= 0.3 is 0 Å². The third-order valence-electron chi connectivity index (χ3n) is 9.91. The van der Waals surface area contributed by atoms with Gasteiger partial charge in [-0.2, -0.15) is 0 Å². The highest BCUT2D eigenvalue weighted by Crippen LogP contribution is 2.33. The number of rotatable bonds is 15. The molecule has 2 aliphatic carbocycles. The summed E-state index contributed by atoms with van der Waals surface area (Å²) in [6.45, 7) is 5.59. The lowest BCUT2D eigenvalue weighted by Gasteiger charge is -2.39. The average Bonchev–Trinajstić information content (AvgIpc) is 3.01. The smallest absolute Gasteiger partial charge is 0.237 e. The van der Waals surface area contributed by atoms with Gasteiger partial charge in [-0.15, -0.1) is 0 Å². The molecule has 4 N–H and O–H groups in total. The number of nitrogens with one attached hydrogen (secondary N) is 1. The highest BCUT2D eigenvalue weighted by molar-refractivity contribution is 5.82. The summed E-state index contributed by atoms with van der Waals surface area (Å²) in [5.74, 6) is 1.24. The molecule has 2 saturated carbocycles. The van der Waals surface area contributed by atoms with Crippen molar-refractivity contribution in [3.63, 3.8) is 0 Å². The van der Waals surface area contributed by atoms with Gasteiger partial charge in [0, 0.05) is 25.2 Å². The molecular weight excluding hydrogens is 518 g/mol. The van der Waals surface area contributed by atoms with Crippen molar-refractivity contribution in [1.82, 2.24) is 10.2 Å². The Morgan fingerprint density at radius 1 is 0.810 bits per heavy atom. The fourth-order valence-corrected chi connectivity index (χ4v) is 7.33. The first-order valence-electron chi connectivity index (χ1n) is 16.9. The van der Waals surface area contributed by atoms with E-state index in [4.69, 9.17) is 5.73 Å². The van der Waals surface area contributed by atoms with Gasteiger partial charge in [-0.25, -0.2) is 0 Å². The van der Waals surface area contributed by atoms with E-state index < -0.39 is 12.1 Å². The first-order chi connectivity index (χ1) is 20.4. The maximum atomic E-state index is 13.2. The van der Waals surface area contributed by atoms with Crippen LogP contribution in [0, 0.1) is 17.8 Å². The predicted octanol–water partition coefficient (Wildman–Crippen LogP) is 7.22. The van der Waals surface area contributed by atoms with Crippen LogP contribution in [0.3, 0.4) is 0 Å². The minimum absolute atomic E-state index is 0.0121. The standard InChI is InChI=1S/C37H57N3O2/c1-28(2)36(38)37(42)39-33(23-29-15-7-3-8-16-29)25-35(41)34(24-30-17-9-4-10-18-30)40(26-31-19-11-5-12-20-31)27-32-21-13-6-14-22-32/h5-6,11-14,19-22,28-30,33-36,41H,3-4,7-10,15-18,23-27,38H2,1-2H3,(H,39,42)/t33-,34-,35?,36-/m0/s1. The average molecular weight is 576 g/mol. The molecular formula is C37H57N3O2. The van der Waals surface area contributed by atoms with Gasteiger partial charge in [-0.3, -0.25) is 9.69 Å². The molecule has 0 aliphatic heterocycles. The Morgan fingerprint density at radius 3 is 1.76 bits per heavy atom. The van der Waals surface area contributed by atoms with Crippen LogP contribution in [0.25, 0.3) is 0 Å². The normalized spacial score (nSPS) is 19.9. The van der Waals surface area contributed by atoms with Gasteiger partial charge < -0.3 is 16.2 Å². The molecule has 2 aromatic carbocycles. The van der Waals surface area contributed by atoms with Gasteiger partial charge in [-0.05, 0) is 48.1 Å². The van der Waals surface area contributed by atoms with Crippen molar-refractivity contribution >= 4 is 5.91 Å². The van der Waals surface area contributed by atoms with E-state index in [1.54, 1.807) is 0 Å². The summed E-state index contributed by atoms with van der Waals surface area (Å²) in [4.78, 5) is 15.7. The Bertz CT molecular complexity index is 976. The van der Waals surface area contributed by atoms with Gasteiger partial charge in [0.25, 0.3) is 0 Å².